The van der Waals surface area contributed by atoms with Gasteiger partial charge in [0.25, 0.3) is 0 Å². The van der Waals surface area contributed by atoms with Crippen LogP contribution in [0.1, 0.15) is 28.3 Å². The number of pyridine rings is 1. The molecule has 1 aromatic heterocycles. The van der Waals surface area contributed by atoms with Crippen LogP contribution in [0.25, 0.3) is 0 Å². The van der Waals surface area contributed by atoms with E-state index in [0.29, 0.717) is 11.7 Å². The van der Waals surface area contributed by atoms with Gasteiger partial charge in [0.2, 0.25) is 0 Å². The van der Waals surface area contributed by atoms with E-state index in [2.05, 4.69) is 35.3 Å². The third-order valence-electron chi connectivity index (χ3n) is 4.04. The Hall–Kier alpha value is -1.87. The molecule has 98 valence electrons. The van der Waals surface area contributed by atoms with E-state index in [0.717, 1.165) is 24.0 Å². The number of aromatic nitrogens is 1. The van der Waals surface area contributed by atoms with Crippen LogP contribution in [0.15, 0.2) is 36.5 Å². The number of nitrogens with two attached hydrogens (primary N) is 2. The normalized spacial score (nSPS) is 16.3. The molecule has 1 aromatic carbocycles. The van der Waals surface area contributed by atoms with Gasteiger partial charge >= 0.3 is 0 Å². The predicted molar refractivity (Wildman–Crippen MR) is 77.7 cm³/mol. The summed E-state index contributed by atoms with van der Waals surface area (Å²) >= 11 is 0. The molecule has 2 aromatic rings. The average molecular weight is 253 g/mol. The van der Waals surface area contributed by atoms with Crippen molar-refractivity contribution in [3.8, 4) is 0 Å². The van der Waals surface area contributed by atoms with Crippen LogP contribution in [0.3, 0.4) is 0 Å². The zero-order chi connectivity index (χ0) is 13.4. The summed E-state index contributed by atoms with van der Waals surface area (Å²) in [5.41, 5.74) is 17.3. The lowest BCUT2D eigenvalue weighted by molar-refractivity contribution is 0.454. The molecule has 1 atom stereocenters. The SMILES string of the molecule is Cc1cnc(N)c(C(N)C2Cc3ccccc3C2)c1. The van der Waals surface area contributed by atoms with Crippen molar-refractivity contribution in [3.05, 3.63) is 58.8 Å². The Kier molecular flexibility index (Phi) is 2.99. The van der Waals surface area contributed by atoms with Gasteiger partial charge in [0.05, 0.1) is 0 Å². The highest BCUT2D eigenvalue weighted by molar-refractivity contribution is 5.44. The Morgan fingerprint density at radius 3 is 2.47 bits per heavy atom. The van der Waals surface area contributed by atoms with E-state index in [4.69, 9.17) is 11.5 Å². The number of nitrogen functional groups attached to an aromatic ring is 1. The number of rotatable bonds is 2. The summed E-state index contributed by atoms with van der Waals surface area (Å²) in [5, 5.41) is 0. The number of fused-ring (bicyclic) bond motifs is 1. The largest absolute Gasteiger partial charge is 0.383 e. The van der Waals surface area contributed by atoms with Gasteiger partial charge in [0, 0.05) is 17.8 Å². The van der Waals surface area contributed by atoms with Gasteiger partial charge in [-0.1, -0.05) is 24.3 Å². The van der Waals surface area contributed by atoms with E-state index in [9.17, 15) is 0 Å². The van der Waals surface area contributed by atoms with Crippen molar-refractivity contribution in [2.45, 2.75) is 25.8 Å². The van der Waals surface area contributed by atoms with E-state index in [1.54, 1.807) is 6.20 Å². The summed E-state index contributed by atoms with van der Waals surface area (Å²) in [7, 11) is 0. The first-order valence-corrected chi connectivity index (χ1v) is 6.69. The van der Waals surface area contributed by atoms with Crippen LogP contribution >= 0.6 is 0 Å². The highest BCUT2D eigenvalue weighted by atomic mass is 14.8. The van der Waals surface area contributed by atoms with Crippen LogP contribution in [-0.4, -0.2) is 4.98 Å². The highest BCUT2D eigenvalue weighted by Crippen LogP contribution is 2.35. The van der Waals surface area contributed by atoms with Crippen molar-refractivity contribution < 1.29 is 0 Å². The third kappa shape index (κ3) is 2.22. The van der Waals surface area contributed by atoms with Crippen LogP contribution < -0.4 is 11.5 Å². The van der Waals surface area contributed by atoms with Crippen LogP contribution in [0.2, 0.25) is 0 Å². The Balaban J connectivity index is 1.87. The van der Waals surface area contributed by atoms with Gasteiger partial charge in [-0.3, -0.25) is 0 Å². The number of hydrogen-bond acceptors (Lipinski definition) is 3. The maximum absolute atomic E-state index is 6.43. The zero-order valence-electron chi connectivity index (χ0n) is 11.1. The molecule has 0 saturated heterocycles. The molecule has 3 rings (SSSR count). The molecular formula is C16H19N3. The fourth-order valence-corrected chi connectivity index (χ4v) is 2.97. The molecule has 0 aliphatic heterocycles. The van der Waals surface area contributed by atoms with Crippen molar-refractivity contribution >= 4 is 5.82 Å². The van der Waals surface area contributed by atoms with E-state index < -0.39 is 0 Å². The molecule has 3 heteroatoms. The van der Waals surface area contributed by atoms with Crippen molar-refractivity contribution in [3.63, 3.8) is 0 Å². The lowest BCUT2D eigenvalue weighted by atomic mass is 9.91. The average Bonchev–Trinajstić information content (AvgIpc) is 2.84. The third-order valence-corrected chi connectivity index (χ3v) is 4.04. The maximum atomic E-state index is 6.43. The van der Waals surface area contributed by atoms with Crippen LogP contribution in [0.5, 0.6) is 0 Å². The van der Waals surface area contributed by atoms with Gasteiger partial charge in [-0.15, -0.1) is 0 Å². The molecule has 0 radical (unpaired) electrons. The fraction of sp³-hybridized carbons (Fsp3) is 0.312. The number of anilines is 1. The molecule has 0 bridgehead atoms. The summed E-state index contributed by atoms with van der Waals surface area (Å²) in [6.07, 6.45) is 3.85. The molecule has 0 spiro atoms. The van der Waals surface area contributed by atoms with Crippen molar-refractivity contribution in [2.75, 3.05) is 5.73 Å². The second-order valence-electron chi connectivity index (χ2n) is 5.45. The molecule has 1 unspecified atom stereocenters. The summed E-state index contributed by atoms with van der Waals surface area (Å²) in [4.78, 5) is 4.22. The van der Waals surface area contributed by atoms with E-state index in [-0.39, 0.29) is 6.04 Å². The van der Waals surface area contributed by atoms with Crippen LogP contribution in [0.4, 0.5) is 5.82 Å². The van der Waals surface area contributed by atoms with Gasteiger partial charge in [-0.25, -0.2) is 4.98 Å². The number of benzene rings is 1. The van der Waals surface area contributed by atoms with Gasteiger partial charge in [0.15, 0.2) is 0 Å². The molecule has 3 nitrogen and oxygen atoms in total. The Labute approximate surface area is 113 Å². The molecular weight excluding hydrogens is 234 g/mol. The van der Waals surface area contributed by atoms with Crippen molar-refractivity contribution in [2.24, 2.45) is 11.7 Å². The molecule has 1 aliphatic carbocycles. The summed E-state index contributed by atoms with van der Waals surface area (Å²) in [5.74, 6) is 0.984. The van der Waals surface area contributed by atoms with Crippen molar-refractivity contribution in [1.29, 1.82) is 0 Å². The molecule has 0 amide bonds. The van der Waals surface area contributed by atoms with E-state index >= 15 is 0 Å². The van der Waals surface area contributed by atoms with Gasteiger partial charge in [0.1, 0.15) is 5.82 Å². The molecule has 1 aliphatic rings. The van der Waals surface area contributed by atoms with E-state index in [1.165, 1.54) is 11.1 Å². The first kappa shape index (κ1) is 12.2. The predicted octanol–water partition coefficient (Wildman–Crippen LogP) is 2.39. The standard InChI is InChI=1S/C16H19N3/c1-10-6-14(16(18)19-9-10)15(17)13-7-11-4-2-3-5-12(11)8-13/h2-6,9,13,15H,7-8,17H2,1H3,(H2,18,19). The highest BCUT2D eigenvalue weighted by Gasteiger charge is 2.28. The molecule has 19 heavy (non-hydrogen) atoms. The summed E-state index contributed by atoms with van der Waals surface area (Å²) in [6, 6.07) is 10.6. The quantitative estimate of drug-likeness (QED) is 0.863. The fourth-order valence-electron chi connectivity index (χ4n) is 2.97. The summed E-state index contributed by atoms with van der Waals surface area (Å²) < 4.78 is 0. The molecule has 1 heterocycles. The van der Waals surface area contributed by atoms with Gasteiger partial charge in [-0.2, -0.15) is 0 Å². The van der Waals surface area contributed by atoms with Gasteiger partial charge < -0.3 is 11.5 Å². The van der Waals surface area contributed by atoms with Crippen LogP contribution in [0, 0.1) is 12.8 Å². The first-order valence-electron chi connectivity index (χ1n) is 6.69. The number of nitrogens with zero attached hydrogens (tertiary/aromatic N) is 1. The molecule has 4 N–H and O–H groups in total. The zero-order valence-corrected chi connectivity index (χ0v) is 11.1. The molecule has 0 fully saturated rings. The number of aryl methyl sites for hydroxylation is 1. The van der Waals surface area contributed by atoms with Gasteiger partial charge in [-0.05, 0) is 48.4 Å². The second kappa shape index (κ2) is 4.67. The smallest absolute Gasteiger partial charge is 0.128 e. The first-order chi connectivity index (χ1) is 9.15. The number of hydrogen-bond donors (Lipinski definition) is 2. The minimum Gasteiger partial charge on any atom is -0.383 e. The Morgan fingerprint density at radius 2 is 1.84 bits per heavy atom. The van der Waals surface area contributed by atoms with E-state index in [1.807, 2.05) is 6.92 Å². The van der Waals surface area contributed by atoms with Crippen molar-refractivity contribution in [1.82, 2.24) is 4.98 Å². The minimum absolute atomic E-state index is 0.0419. The maximum Gasteiger partial charge on any atom is 0.128 e. The Bertz CT molecular complexity index is 582. The topological polar surface area (TPSA) is 64.9 Å². The molecule has 0 saturated carbocycles. The summed E-state index contributed by atoms with van der Waals surface area (Å²) in [6.45, 7) is 2.02. The lowest BCUT2D eigenvalue weighted by Gasteiger charge is -2.20. The second-order valence-corrected chi connectivity index (χ2v) is 5.45. The monoisotopic (exact) mass is 253 g/mol. The Morgan fingerprint density at radius 1 is 1.21 bits per heavy atom. The van der Waals surface area contributed by atoms with Crippen LogP contribution in [-0.2, 0) is 12.8 Å². The minimum atomic E-state index is -0.0419. The lowest BCUT2D eigenvalue weighted by Crippen LogP contribution is -2.23.